The summed E-state index contributed by atoms with van der Waals surface area (Å²) in [5, 5.41) is 0. The number of anilines is 2. The second-order valence-corrected chi connectivity index (χ2v) is 3.83. The topological polar surface area (TPSA) is 81.3 Å². The summed E-state index contributed by atoms with van der Waals surface area (Å²) in [7, 11) is 3.29. The van der Waals surface area contributed by atoms with Gasteiger partial charge in [-0.2, -0.15) is 4.98 Å². The lowest BCUT2D eigenvalue weighted by Gasteiger charge is -2.18. The Morgan fingerprint density at radius 3 is 2.82 bits per heavy atom. The number of nitrogen functional groups attached to an aromatic ring is 1. The van der Waals surface area contributed by atoms with E-state index in [4.69, 9.17) is 5.73 Å². The summed E-state index contributed by atoms with van der Waals surface area (Å²) in [5.74, 6) is 0.830. The van der Waals surface area contributed by atoms with E-state index in [0.717, 1.165) is 11.5 Å². The van der Waals surface area contributed by atoms with Crippen molar-refractivity contribution < 1.29 is 9.53 Å². The molecule has 0 saturated heterocycles. The highest BCUT2D eigenvalue weighted by molar-refractivity contribution is 5.69. The lowest BCUT2D eigenvalue weighted by Crippen LogP contribution is -2.21. The van der Waals surface area contributed by atoms with Crippen molar-refractivity contribution in [3.63, 3.8) is 0 Å². The summed E-state index contributed by atoms with van der Waals surface area (Å²) in [5.41, 5.74) is 6.40. The first-order chi connectivity index (χ1) is 8.02. The van der Waals surface area contributed by atoms with E-state index in [0.29, 0.717) is 19.4 Å². The normalized spacial score (nSPS) is 10.1. The van der Waals surface area contributed by atoms with E-state index < -0.39 is 0 Å². The van der Waals surface area contributed by atoms with Crippen LogP contribution < -0.4 is 10.6 Å². The average Bonchev–Trinajstić information content (AvgIpc) is 2.27. The van der Waals surface area contributed by atoms with Crippen molar-refractivity contribution in [1.82, 2.24) is 9.97 Å². The van der Waals surface area contributed by atoms with Crippen molar-refractivity contribution in [3.8, 4) is 0 Å². The van der Waals surface area contributed by atoms with Gasteiger partial charge in [0.05, 0.1) is 7.11 Å². The van der Waals surface area contributed by atoms with Crippen LogP contribution in [0.2, 0.25) is 0 Å². The molecular formula is C11H18N4O2. The molecule has 17 heavy (non-hydrogen) atoms. The maximum atomic E-state index is 11.0. The van der Waals surface area contributed by atoms with Crippen LogP contribution in [0.25, 0.3) is 0 Å². The highest BCUT2D eigenvalue weighted by atomic mass is 16.5. The molecule has 0 bridgehead atoms. The second-order valence-electron chi connectivity index (χ2n) is 3.83. The summed E-state index contributed by atoms with van der Waals surface area (Å²) in [6.45, 7) is 2.58. The molecule has 94 valence electrons. The predicted octanol–water partition coefficient (Wildman–Crippen LogP) is 0.757. The van der Waals surface area contributed by atoms with Gasteiger partial charge in [0.15, 0.2) is 0 Å². The maximum absolute atomic E-state index is 11.0. The van der Waals surface area contributed by atoms with Gasteiger partial charge in [-0.1, -0.05) is 0 Å². The van der Waals surface area contributed by atoms with Gasteiger partial charge >= 0.3 is 5.97 Å². The predicted molar refractivity (Wildman–Crippen MR) is 65.7 cm³/mol. The summed E-state index contributed by atoms with van der Waals surface area (Å²) < 4.78 is 4.57. The standard InChI is InChI=1S/C11H18N4O2/c1-8-7-9(14-11(12)13-8)15(2)6-4-5-10(16)17-3/h7H,4-6H2,1-3H3,(H2,12,13,14). The van der Waals surface area contributed by atoms with Crippen molar-refractivity contribution in [1.29, 1.82) is 0 Å². The van der Waals surface area contributed by atoms with Crippen molar-refractivity contribution in [2.24, 2.45) is 0 Å². The zero-order valence-corrected chi connectivity index (χ0v) is 10.4. The number of esters is 1. The van der Waals surface area contributed by atoms with Crippen molar-refractivity contribution in [3.05, 3.63) is 11.8 Å². The summed E-state index contributed by atoms with van der Waals surface area (Å²) in [6, 6.07) is 1.86. The zero-order chi connectivity index (χ0) is 12.8. The Kier molecular flexibility index (Phi) is 4.68. The minimum absolute atomic E-state index is 0.197. The molecule has 0 atom stereocenters. The Bertz CT molecular complexity index is 375. The Morgan fingerprint density at radius 1 is 1.53 bits per heavy atom. The quantitative estimate of drug-likeness (QED) is 0.762. The maximum Gasteiger partial charge on any atom is 0.305 e. The Balaban J connectivity index is 2.52. The van der Waals surface area contributed by atoms with Crippen LogP contribution in [0.15, 0.2) is 6.07 Å². The van der Waals surface area contributed by atoms with Gasteiger partial charge in [-0.15, -0.1) is 0 Å². The smallest absolute Gasteiger partial charge is 0.305 e. The third kappa shape index (κ3) is 4.26. The van der Waals surface area contributed by atoms with Crippen LogP contribution in [-0.4, -0.2) is 36.6 Å². The Morgan fingerprint density at radius 2 is 2.24 bits per heavy atom. The Labute approximate surface area is 101 Å². The molecule has 0 fully saturated rings. The van der Waals surface area contributed by atoms with Crippen molar-refractivity contribution >= 4 is 17.7 Å². The van der Waals surface area contributed by atoms with Gasteiger partial charge in [0.25, 0.3) is 0 Å². The van der Waals surface area contributed by atoms with Crippen molar-refractivity contribution in [2.75, 3.05) is 31.3 Å². The molecule has 0 saturated carbocycles. The van der Waals surface area contributed by atoms with E-state index >= 15 is 0 Å². The molecule has 6 nitrogen and oxygen atoms in total. The second kappa shape index (κ2) is 6.03. The van der Waals surface area contributed by atoms with E-state index in [2.05, 4.69) is 14.7 Å². The molecule has 2 N–H and O–H groups in total. The molecule has 0 aliphatic rings. The third-order valence-corrected chi connectivity index (χ3v) is 2.35. The highest BCUT2D eigenvalue weighted by Gasteiger charge is 2.06. The fourth-order valence-electron chi connectivity index (χ4n) is 1.45. The molecule has 0 radical (unpaired) electrons. The molecular weight excluding hydrogens is 220 g/mol. The van der Waals surface area contributed by atoms with Gasteiger partial charge in [0.1, 0.15) is 5.82 Å². The number of nitrogens with zero attached hydrogens (tertiary/aromatic N) is 3. The summed E-state index contributed by atoms with van der Waals surface area (Å²) in [4.78, 5) is 21.0. The lowest BCUT2D eigenvalue weighted by molar-refractivity contribution is -0.140. The van der Waals surface area contributed by atoms with Crippen LogP contribution in [0.1, 0.15) is 18.5 Å². The number of rotatable bonds is 5. The van der Waals surface area contributed by atoms with Gasteiger partial charge in [-0.25, -0.2) is 4.98 Å². The number of hydrogen-bond acceptors (Lipinski definition) is 6. The minimum Gasteiger partial charge on any atom is -0.469 e. The molecule has 0 aliphatic carbocycles. The first kappa shape index (κ1) is 13.2. The third-order valence-electron chi connectivity index (χ3n) is 2.35. The lowest BCUT2D eigenvalue weighted by atomic mass is 10.3. The largest absolute Gasteiger partial charge is 0.469 e. The average molecular weight is 238 g/mol. The van der Waals surface area contributed by atoms with Gasteiger partial charge in [0, 0.05) is 31.8 Å². The molecule has 1 heterocycles. The number of aryl methyl sites for hydroxylation is 1. The number of carbonyl (C=O) groups excluding carboxylic acids is 1. The van der Waals surface area contributed by atoms with Crippen LogP contribution in [0.3, 0.4) is 0 Å². The van der Waals surface area contributed by atoms with Crippen LogP contribution in [0.4, 0.5) is 11.8 Å². The number of methoxy groups -OCH3 is 1. The molecule has 6 heteroatoms. The number of nitrogens with two attached hydrogens (primary N) is 1. The molecule has 1 aromatic heterocycles. The number of carbonyl (C=O) groups is 1. The fraction of sp³-hybridized carbons (Fsp3) is 0.545. The van der Waals surface area contributed by atoms with E-state index in [1.807, 2.05) is 24.9 Å². The summed E-state index contributed by atoms with van der Waals surface area (Å²) in [6.07, 6.45) is 1.12. The monoisotopic (exact) mass is 238 g/mol. The Hall–Kier alpha value is -1.85. The summed E-state index contributed by atoms with van der Waals surface area (Å²) >= 11 is 0. The fourth-order valence-corrected chi connectivity index (χ4v) is 1.45. The number of aromatic nitrogens is 2. The molecule has 0 aromatic carbocycles. The molecule has 0 spiro atoms. The van der Waals surface area contributed by atoms with E-state index in [-0.39, 0.29) is 11.9 Å². The van der Waals surface area contributed by atoms with Crippen LogP contribution in [-0.2, 0) is 9.53 Å². The van der Waals surface area contributed by atoms with E-state index in [1.54, 1.807) is 0 Å². The van der Waals surface area contributed by atoms with Gasteiger partial charge < -0.3 is 15.4 Å². The van der Waals surface area contributed by atoms with Crippen LogP contribution >= 0.6 is 0 Å². The SMILES string of the molecule is COC(=O)CCCN(C)c1cc(C)nc(N)n1. The van der Waals surface area contributed by atoms with Crippen LogP contribution in [0.5, 0.6) is 0 Å². The highest BCUT2D eigenvalue weighted by Crippen LogP contribution is 2.12. The molecule has 0 aliphatic heterocycles. The first-order valence-corrected chi connectivity index (χ1v) is 5.42. The zero-order valence-electron chi connectivity index (χ0n) is 10.4. The number of ether oxygens (including phenoxy) is 1. The van der Waals surface area contributed by atoms with E-state index in [1.165, 1.54) is 7.11 Å². The van der Waals surface area contributed by atoms with E-state index in [9.17, 15) is 4.79 Å². The minimum atomic E-state index is -0.197. The first-order valence-electron chi connectivity index (χ1n) is 5.42. The molecule has 0 amide bonds. The van der Waals surface area contributed by atoms with Crippen molar-refractivity contribution in [2.45, 2.75) is 19.8 Å². The molecule has 1 aromatic rings. The number of hydrogen-bond donors (Lipinski definition) is 1. The molecule has 0 unspecified atom stereocenters. The van der Waals surface area contributed by atoms with Gasteiger partial charge in [0.2, 0.25) is 5.95 Å². The molecule has 1 rings (SSSR count). The van der Waals surface area contributed by atoms with Crippen LogP contribution in [0, 0.1) is 6.92 Å². The van der Waals surface area contributed by atoms with Gasteiger partial charge in [-0.3, -0.25) is 4.79 Å². The van der Waals surface area contributed by atoms with Gasteiger partial charge in [-0.05, 0) is 13.3 Å².